The summed E-state index contributed by atoms with van der Waals surface area (Å²) < 4.78 is 0. The molecular formula is C22H26N2O4. The van der Waals surface area contributed by atoms with E-state index >= 15 is 0 Å². The minimum Gasteiger partial charge on any atom is -0.473 e. The molecule has 1 atom stereocenters. The number of aliphatic imine (C=N–C) groups is 1. The monoisotopic (exact) mass is 382 g/mol. The van der Waals surface area contributed by atoms with Crippen LogP contribution in [0.15, 0.2) is 53.5 Å². The van der Waals surface area contributed by atoms with E-state index in [1.165, 1.54) is 22.3 Å². The highest BCUT2D eigenvalue weighted by Crippen LogP contribution is 2.25. The fourth-order valence-electron chi connectivity index (χ4n) is 2.91. The van der Waals surface area contributed by atoms with Gasteiger partial charge in [-0.15, -0.1) is 0 Å². The number of carboxylic acid groups (broad SMARTS) is 2. The molecule has 1 unspecified atom stereocenters. The van der Waals surface area contributed by atoms with Gasteiger partial charge in [0.1, 0.15) is 0 Å². The van der Waals surface area contributed by atoms with Crippen molar-refractivity contribution in [2.24, 2.45) is 4.99 Å². The molecule has 0 heterocycles. The van der Waals surface area contributed by atoms with Gasteiger partial charge in [0.2, 0.25) is 0 Å². The largest absolute Gasteiger partial charge is 0.473 e. The van der Waals surface area contributed by atoms with Crippen LogP contribution in [0.2, 0.25) is 0 Å². The van der Waals surface area contributed by atoms with Crippen LogP contribution in [0.25, 0.3) is 0 Å². The van der Waals surface area contributed by atoms with Crippen molar-refractivity contribution in [1.82, 2.24) is 4.90 Å². The lowest BCUT2D eigenvalue weighted by atomic mass is 9.98. The topological polar surface area (TPSA) is 90.2 Å². The lowest BCUT2D eigenvalue weighted by molar-refractivity contribution is -0.159. The van der Waals surface area contributed by atoms with Gasteiger partial charge in [0.05, 0.1) is 12.3 Å². The third-order valence-electron chi connectivity index (χ3n) is 4.79. The molecule has 28 heavy (non-hydrogen) atoms. The maximum atomic E-state index is 9.10. The van der Waals surface area contributed by atoms with Gasteiger partial charge in [-0.25, -0.2) is 9.59 Å². The second-order valence-corrected chi connectivity index (χ2v) is 6.93. The number of likely N-dealkylation sites (N-methyl/N-ethyl adjacent to an activating group) is 1. The molecule has 0 saturated carbocycles. The summed E-state index contributed by atoms with van der Waals surface area (Å²) in [7, 11) is 4.22. The average molecular weight is 382 g/mol. The zero-order valence-corrected chi connectivity index (χ0v) is 16.4. The van der Waals surface area contributed by atoms with Crippen molar-refractivity contribution < 1.29 is 19.8 Å². The second kappa shape index (κ2) is 9.80. The summed E-state index contributed by atoms with van der Waals surface area (Å²) in [5.74, 6) is -3.65. The van der Waals surface area contributed by atoms with E-state index in [0.717, 1.165) is 25.1 Å². The Morgan fingerprint density at radius 2 is 1.36 bits per heavy atom. The first-order valence-electron chi connectivity index (χ1n) is 9.15. The van der Waals surface area contributed by atoms with Gasteiger partial charge in [-0.1, -0.05) is 48.5 Å². The van der Waals surface area contributed by atoms with Gasteiger partial charge >= 0.3 is 11.9 Å². The number of nitrogens with zero attached hydrogens (tertiary/aromatic N) is 2. The number of hydrogen-bond acceptors (Lipinski definition) is 4. The van der Waals surface area contributed by atoms with E-state index in [4.69, 9.17) is 24.8 Å². The van der Waals surface area contributed by atoms with Crippen molar-refractivity contribution in [3.8, 4) is 0 Å². The summed E-state index contributed by atoms with van der Waals surface area (Å²) in [6.07, 6.45) is 2.19. The molecule has 6 nitrogen and oxygen atoms in total. The Morgan fingerprint density at radius 3 is 1.75 bits per heavy atom. The number of hydrogen-bond donors (Lipinski definition) is 2. The fourth-order valence-corrected chi connectivity index (χ4v) is 2.91. The van der Waals surface area contributed by atoms with Gasteiger partial charge in [-0.2, -0.15) is 0 Å². The Balaban J connectivity index is 0.000000409. The molecule has 0 fully saturated rings. The molecule has 2 aromatic carbocycles. The number of benzene rings is 2. The minimum absolute atomic E-state index is 0.440. The van der Waals surface area contributed by atoms with Crippen LogP contribution in [0.4, 0.5) is 0 Å². The highest BCUT2D eigenvalue weighted by atomic mass is 16.4. The van der Waals surface area contributed by atoms with E-state index in [9.17, 15) is 0 Å². The molecule has 0 amide bonds. The van der Waals surface area contributed by atoms with Gasteiger partial charge in [0.25, 0.3) is 0 Å². The van der Waals surface area contributed by atoms with E-state index in [-0.39, 0.29) is 0 Å². The summed E-state index contributed by atoms with van der Waals surface area (Å²) in [6, 6.07) is 17.9. The average Bonchev–Trinajstić information content (AvgIpc) is 2.83. The fraction of sp³-hybridized carbons (Fsp3) is 0.318. The summed E-state index contributed by atoms with van der Waals surface area (Å²) in [4.78, 5) is 25.4. The van der Waals surface area contributed by atoms with Crippen LogP contribution in [-0.2, 0) is 22.4 Å². The summed E-state index contributed by atoms with van der Waals surface area (Å²) >= 11 is 0. The quantitative estimate of drug-likeness (QED) is 0.797. The summed E-state index contributed by atoms with van der Waals surface area (Å²) in [6.45, 7) is 3.05. The summed E-state index contributed by atoms with van der Waals surface area (Å²) in [5.41, 5.74) is 6.60. The zero-order chi connectivity index (χ0) is 20.7. The third kappa shape index (κ3) is 5.50. The Bertz CT molecular complexity index is 813. The van der Waals surface area contributed by atoms with Crippen LogP contribution in [-0.4, -0.2) is 59.4 Å². The molecule has 0 saturated heterocycles. The molecule has 2 N–H and O–H groups in total. The first-order chi connectivity index (χ1) is 13.3. The number of fused-ring (bicyclic) bond motifs is 2. The van der Waals surface area contributed by atoms with Crippen LogP contribution < -0.4 is 0 Å². The minimum atomic E-state index is -1.82. The molecule has 1 aliphatic rings. The third-order valence-corrected chi connectivity index (χ3v) is 4.79. The molecule has 0 spiro atoms. The molecule has 2 aromatic rings. The number of aryl methyl sites for hydroxylation is 2. The van der Waals surface area contributed by atoms with Crippen molar-refractivity contribution >= 4 is 17.7 Å². The molecule has 0 aliphatic heterocycles. The maximum Gasteiger partial charge on any atom is 0.414 e. The van der Waals surface area contributed by atoms with Crippen LogP contribution >= 0.6 is 0 Å². The predicted molar refractivity (Wildman–Crippen MR) is 109 cm³/mol. The van der Waals surface area contributed by atoms with Gasteiger partial charge in [0.15, 0.2) is 0 Å². The molecule has 0 bridgehead atoms. The second-order valence-electron chi connectivity index (χ2n) is 6.93. The van der Waals surface area contributed by atoms with E-state index in [1.54, 1.807) is 0 Å². The molecule has 0 radical (unpaired) electrons. The standard InChI is InChI=1S/C20H24N2.C2H2O4/c1-15(22(2)3)14-21-20-18-10-6-4-8-16(18)12-13-17-9-5-7-11-19(17)20;3-1(4)2(5)6/h4-11,15H,12-14H2,1-3H3;(H,3,4)(H,5,6). The van der Waals surface area contributed by atoms with E-state index in [1.807, 2.05) is 0 Å². The highest BCUT2D eigenvalue weighted by molar-refractivity contribution is 6.27. The Hall–Kier alpha value is -2.99. The van der Waals surface area contributed by atoms with Gasteiger partial charge < -0.3 is 15.1 Å². The predicted octanol–water partition coefficient (Wildman–Crippen LogP) is 2.73. The molecule has 148 valence electrons. The number of carbonyl (C=O) groups is 2. The van der Waals surface area contributed by atoms with Gasteiger partial charge in [0, 0.05) is 17.2 Å². The molecule has 1 aliphatic carbocycles. The van der Waals surface area contributed by atoms with Gasteiger partial charge in [-0.05, 0) is 45.0 Å². The first kappa shape index (κ1) is 21.3. The molecule has 0 aromatic heterocycles. The van der Waals surface area contributed by atoms with Crippen LogP contribution in [0.5, 0.6) is 0 Å². The summed E-state index contributed by atoms with van der Waals surface area (Å²) in [5, 5.41) is 14.8. The lowest BCUT2D eigenvalue weighted by Gasteiger charge is -2.18. The number of carboxylic acids is 2. The lowest BCUT2D eigenvalue weighted by Crippen LogP contribution is -2.28. The van der Waals surface area contributed by atoms with E-state index < -0.39 is 11.9 Å². The number of rotatable bonds is 3. The van der Waals surface area contributed by atoms with E-state index in [2.05, 4.69) is 74.4 Å². The normalized spacial score (nSPS) is 13.4. The van der Waals surface area contributed by atoms with E-state index in [0.29, 0.717) is 6.04 Å². The maximum absolute atomic E-state index is 9.10. The van der Waals surface area contributed by atoms with Crippen LogP contribution in [0.1, 0.15) is 29.2 Å². The first-order valence-corrected chi connectivity index (χ1v) is 9.15. The van der Waals surface area contributed by atoms with Crippen molar-refractivity contribution in [1.29, 1.82) is 0 Å². The number of aliphatic carboxylic acids is 2. The molecule has 6 heteroatoms. The Labute approximate surface area is 165 Å². The zero-order valence-electron chi connectivity index (χ0n) is 16.4. The van der Waals surface area contributed by atoms with Crippen LogP contribution in [0.3, 0.4) is 0 Å². The van der Waals surface area contributed by atoms with Crippen molar-refractivity contribution in [3.63, 3.8) is 0 Å². The van der Waals surface area contributed by atoms with Crippen LogP contribution in [0, 0.1) is 0 Å². The molecule has 3 rings (SSSR count). The van der Waals surface area contributed by atoms with Crippen molar-refractivity contribution in [3.05, 3.63) is 70.8 Å². The van der Waals surface area contributed by atoms with Crippen molar-refractivity contribution in [2.75, 3.05) is 20.6 Å². The van der Waals surface area contributed by atoms with Gasteiger partial charge in [-0.3, -0.25) is 4.99 Å². The Morgan fingerprint density at radius 1 is 0.929 bits per heavy atom. The van der Waals surface area contributed by atoms with Crippen molar-refractivity contribution in [2.45, 2.75) is 25.8 Å². The highest BCUT2D eigenvalue weighted by Gasteiger charge is 2.19. The SMILES string of the molecule is CC(CN=C1c2ccccc2CCc2ccccc21)N(C)C.O=C(O)C(=O)O. The smallest absolute Gasteiger partial charge is 0.414 e. The Kier molecular flexibility index (Phi) is 7.46. The molecular weight excluding hydrogens is 356 g/mol.